The van der Waals surface area contributed by atoms with Crippen molar-refractivity contribution in [3.63, 3.8) is 0 Å². The third-order valence-electron chi connectivity index (χ3n) is 5.06. The Morgan fingerprint density at radius 3 is 2.53 bits per heavy atom. The Kier molecular flexibility index (Phi) is 5.54. The zero-order valence-electron chi connectivity index (χ0n) is 16.4. The number of hydrogen-bond donors (Lipinski definition) is 1. The van der Waals surface area contributed by atoms with Crippen molar-refractivity contribution in [2.24, 2.45) is 0 Å². The van der Waals surface area contributed by atoms with Crippen molar-refractivity contribution in [1.29, 1.82) is 0 Å². The van der Waals surface area contributed by atoms with Crippen LogP contribution in [0.4, 0.5) is 31.0 Å². The van der Waals surface area contributed by atoms with E-state index in [-0.39, 0.29) is 24.4 Å². The third-order valence-corrected chi connectivity index (χ3v) is 5.21. The average molecular weight is 428 g/mol. The van der Waals surface area contributed by atoms with Crippen molar-refractivity contribution in [3.05, 3.63) is 54.3 Å². The number of thiocarbonyl (C=S) groups is 1. The van der Waals surface area contributed by atoms with Crippen molar-refractivity contribution in [2.45, 2.75) is 13.0 Å². The van der Waals surface area contributed by atoms with Crippen LogP contribution in [-0.4, -0.2) is 49.4 Å². The van der Waals surface area contributed by atoms with Gasteiger partial charge in [-0.05, 0) is 37.3 Å². The summed E-state index contributed by atoms with van der Waals surface area (Å²) < 4.78 is 20.2. The fourth-order valence-corrected chi connectivity index (χ4v) is 3.67. The van der Waals surface area contributed by atoms with Gasteiger partial charge < -0.3 is 10.1 Å². The first-order chi connectivity index (χ1) is 14.4. The van der Waals surface area contributed by atoms with E-state index in [1.807, 2.05) is 30.3 Å². The van der Waals surface area contributed by atoms with Crippen LogP contribution >= 0.6 is 12.2 Å². The van der Waals surface area contributed by atoms with Gasteiger partial charge in [0.2, 0.25) is 0 Å². The molecule has 3 amide bonds. The molecule has 0 spiro atoms. The van der Waals surface area contributed by atoms with Crippen molar-refractivity contribution in [1.82, 2.24) is 5.32 Å². The third kappa shape index (κ3) is 3.93. The molecule has 7 nitrogen and oxygen atoms in total. The summed E-state index contributed by atoms with van der Waals surface area (Å²) in [6, 6.07) is 13.4. The molecule has 4 rings (SSSR count). The van der Waals surface area contributed by atoms with Gasteiger partial charge in [-0.3, -0.25) is 14.7 Å². The van der Waals surface area contributed by atoms with Crippen LogP contribution < -0.4 is 20.0 Å². The van der Waals surface area contributed by atoms with Gasteiger partial charge in [-0.1, -0.05) is 30.4 Å². The molecule has 2 aliphatic rings. The summed E-state index contributed by atoms with van der Waals surface area (Å²) in [4.78, 5) is 30.0. The number of carbonyl (C=O) groups excluding carboxylic acids is 2. The van der Waals surface area contributed by atoms with Crippen LogP contribution in [0.5, 0.6) is 0 Å². The highest BCUT2D eigenvalue weighted by Gasteiger charge is 2.35. The minimum Gasteiger partial charge on any atom is -0.442 e. The molecule has 0 unspecified atom stereocenters. The summed E-state index contributed by atoms with van der Waals surface area (Å²) >= 11 is 4.96. The molecular formula is C21H21FN4O3S. The fourth-order valence-electron chi connectivity index (χ4n) is 3.59. The van der Waals surface area contributed by atoms with E-state index in [0.717, 1.165) is 5.69 Å². The first-order valence-electron chi connectivity index (χ1n) is 9.60. The van der Waals surface area contributed by atoms with Crippen LogP contribution in [0.1, 0.15) is 6.92 Å². The van der Waals surface area contributed by atoms with Crippen LogP contribution in [-0.2, 0) is 4.74 Å². The number of hydrogen-bond acceptors (Lipinski definition) is 4. The Balaban J connectivity index is 1.48. The SMILES string of the molecule is CC(=S)NC[C@H]1CN(c2ccc(N3CCN(c4ccccc4)C3=O)c(F)c2)C(=O)O1. The van der Waals surface area contributed by atoms with Crippen LogP contribution in [0.25, 0.3) is 0 Å². The highest BCUT2D eigenvalue weighted by Crippen LogP contribution is 2.31. The van der Waals surface area contributed by atoms with E-state index in [2.05, 4.69) is 5.32 Å². The fraction of sp³-hybridized carbons (Fsp3) is 0.286. The summed E-state index contributed by atoms with van der Waals surface area (Å²) in [7, 11) is 0. The van der Waals surface area contributed by atoms with Gasteiger partial charge in [-0.25, -0.2) is 14.0 Å². The van der Waals surface area contributed by atoms with E-state index in [1.165, 1.54) is 21.9 Å². The Labute approximate surface area is 179 Å². The van der Waals surface area contributed by atoms with Crippen LogP contribution in [0.3, 0.4) is 0 Å². The topological polar surface area (TPSA) is 65.1 Å². The number of rotatable bonds is 5. The molecule has 156 valence electrons. The smallest absolute Gasteiger partial charge is 0.414 e. The molecule has 2 saturated heterocycles. The number of amides is 3. The van der Waals surface area contributed by atoms with Gasteiger partial charge >= 0.3 is 12.1 Å². The zero-order chi connectivity index (χ0) is 21.3. The molecule has 2 aromatic carbocycles. The number of para-hydroxylation sites is 1. The van der Waals surface area contributed by atoms with Gasteiger partial charge in [0.25, 0.3) is 0 Å². The normalized spacial score (nSPS) is 18.7. The maximum atomic E-state index is 14.9. The Morgan fingerprint density at radius 2 is 1.83 bits per heavy atom. The van der Waals surface area contributed by atoms with Gasteiger partial charge in [0.15, 0.2) is 0 Å². The minimum atomic E-state index is -0.570. The summed E-state index contributed by atoms with van der Waals surface area (Å²) in [6.07, 6.45) is -0.916. The molecule has 1 N–H and O–H groups in total. The lowest BCUT2D eigenvalue weighted by molar-refractivity contribution is 0.143. The van der Waals surface area contributed by atoms with E-state index in [0.29, 0.717) is 30.3 Å². The molecular weight excluding hydrogens is 407 g/mol. The van der Waals surface area contributed by atoms with E-state index in [1.54, 1.807) is 17.9 Å². The lowest BCUT2D eigenvalue weighted by atomic mass is 10.2. The first-order valence-corrected chi connectivity index (χ1v) is 10.0. The van der Waals surface area contributed by atoms with E-state index < -0.39 is 11.9 Å². The highest BCUT2D eigenvalue weighted by atomic mass is 32.1. The van der Waals surface area contributed by atoms with Gasteiger partial charge in [0.1, 0.15) is 11.9 Å². The molecule has 0 aromatic heterocycles. The summed E-state index contributed by atoms with van der Waals surface area (Å²) in [5.74, 6) is -0.570. The van der Waals surface area contributed by atoms with Crippen molar-refractivity contribution >= 4 is 46.4 Å². The molecule has 2 aromatic rings. The van der Waals surface area contributed by atoms with E-state index >= 15 is 0 Å². The predicted molar refractivity (Wildman–Crippen MR) is 117 cm³/mol. The molecule has 2 fully saturated rings. The molecule has 0 radical (unpaired) electrons. The lowest BCUT2D eigenvalue weighted by Crippen LogP contribution is -2.33. The Bertz CT molecular complexity index is 987. The number of ether oxygens (including phenoxy) is 1. The second-order valence-corrected chi connectivity index (χ2v) is 7.72. The molecule has 2 heterocycles. The number of carbonyl (C=O) groups is 2. The summed E-state index contributed by atoms with van der Waals surface area (Å²) in [5.41, 5.74) is 1.34. The second-order valence-electron chi connectivity index (χ2n) is 7.11. The van der Waals surface area contributed by atoms with Crippen molar-refractivity contribution in [2.75, 3.05) is 40.9 Å². The van der Waals surface area contributed by atoms with Gasteiger partial charge in [0, 0.05) is 18.8 Å². The van der Waals surface area contributed by atoms with Gasteiger partial charge in [-0.2, -0.15) is 0 Å². The Morgan fingerprint density at radius 1 is 1.10 bits per heavy atom. The van der Waals surface area contributed by atoms with Crippen molar-refractivity contribution < 1.29 is 18.7 Å². The maximum Gasteiger partial charge on any atom is 0.414 e. The van der Waals surface area contributed by atoms with Crippen LogP contribution in [0.2, 0.25) is 0 Å². The molecule has 0 aliphatic carbocycles. The van der Waals surface area contributed by atoms with Gasteiger partial charge in [-0.15, -0.1) is 0 Å². The molecule has 1 atom stereocenters. The van der Waals surface area contributed by atoms with Crippen LogP contribution in [0, 0.1) is 5.82 Å². The summed E-state index contributed by atoms with van der Waals surface area (Å²) in [5, 5.41) is 2.96. The van der Waals surface area contributed by atoms with Crippen molar-refractivity contribution in [3.8, 4) is 0 Å². The monoisotopic (exact) mass is 428 g/mol. The first kappa shape index (κ1) is 20.1. The molecule has 0 bridgehead atoms. The highest BCUT2D eigenvalue weighted by molar-refractivity contribution is 7.80. The standard InChI is InChI=1S/C21H21FN4O3S/c1-14(30)23-12-17-13-26(21(28)29-17)16-7-8-19(18(22)11-16)25-10-9-24(20(25)27)15-5-3-2-4-6-15/h2-8,11,17H,9-10,12-13H2,1H3,(H,23,30)/t17-/m0/s1. The average Bonchev–Trinajstić information content (AvgIpc) is 3.29. The number of urea groups is 1. The quantitative estimate of drug-likeness (QED) is 0.738. The molecule has 30 heavy (non-hydrogen) atoms. The maximum absolute atomic E-state index is 14.9. The van der Waals surface area contributed by atoms with Gasteiger partial charge in [0.05, 0.1) is 29.5 Å². The van der Waals surface area contributed by atoms with E-state index in [4.69, 9.17) is 17.0 Å². The second kappa shape index (κ2) is 8.27. The minimum absolute atomic E-state index is 0.185. The number of nitrogens with zero attached hydrogens (tertiary/aromatic N) is 3. The molecule has 9 heteroatoms. The lowest BCUT2D eigenvalue weighted by Gasteiger charge is -2.20. The number of cyclic esters (lactones) is 1. The predicted octanol–water partition coefficient (Wildman–Crippen LogP) is 3.53. The zero-order valence-corrected chi connectivity index (χ0v) is 17.2. The van der Waals surface area contributed by atoms with Crippen LogP contribution in [0.15, 0.2) is 48.5 Å². The summed E-state index contributed by atoms with van der Waals surface area (Å²) in [6.45, 7) is 3.28. The number of benzene rings is 2. The molecule has 2 aliphatic heterocycles. The number of halogens is 1. The largest absolute Gasteiger partial charge is 0.442 e. The molecule has 0 saturated carbocycles. The Hall–Kier alpha value is -3.20. The van der Waals surface area contributed by atoms with E-state index in [9.17, 15) is 14.0 Å². The number of nitrogens with one attached hydrogen (secondary N) is 1. The number of anilines is 3.